The maximum absolute atomic E-state index is 12.7. The summed E-state index contributed by atoms with van der Waals surface area (Å²) in [6, 6.07) is 18.1. The van der Waals surface area contributed by atoms with Crippen LogP contribution >= 0.6 is 0 Å². The number of hydrogen-bond donors (Lipinski definition) is 1. The van der Waals surface area contributed by atoms with Gasteiger partial charge in [-0.3, -0.25) is 14.5 Å². The van der Waals surface area contributed by atoms with Crippen LogP contribution in [-0.4, -0.2) is 39.7 Å². The molecule has 0 radical (unpaired) electrons. The molecular weight excluding hydrogens is 376 g/mol. The van der Waals surface area contributed by atoms with Gasteiger partial charge in [0.1, 0.15) is 6.54 Å². The molecule has 1 unspecified atom stereocenters. The summed E-state index contributed by atoms with van der Waals surface area (Å²) in [5, 5.41) is 8.80. The summed E-state index contributed by atoms with van der Waals surface area (Å²) in [6.07, 6.45) is 3.43. The maximum atomic E-state index is 12.7. The molecule has 0 aliphatic carbocycles. The first-order valence-electron chi connectivity index (χ1n) is 10.6. The molecule has 3 aromatic rings. The number of fused-ring (bicyclic) bond motifs is 1. The van der Waals surface area contributed by atoms with Crippen LogP contribution in [0.5, 0.6) is 0 Å². The number of amides is 1. The predicted octanol–water partition coefficient (Wildman–Crippen LogP) is 2.88. The van der Waals surface area contributed by atoms with Crippen molar-refractivity contribution in [3.63, 3.8) is 0 Å². The Labute approximate surface area is 176 Å². The third kappa shape index (κ3) is 4.60. The van der Waals surface area contributed by atoms with Gasteiger partial charge >= 0.3 is 0 Å². The summed E-state index contributed by atoms with van der Waals surface area (Å²) in [7, 11) is 0. The Hall–Kier alpha value is -2.99. The predicted molar refractivity (Wildman–Crippen MR) is 118 cm³/mol. The van der Waals surface area contributed by atoms with Gasteiger partial charge < -0.3 is 5.32 Å². The number of nitrogens with zero attached hydrogens (tertiary/aromatic N) is 3. The lowest BCUT2D eigenvalue weighted by Gasteiger charge is -2.35. The minimum absolute atomic E-state index is 0.0596. The van der Waals surface area contributed by atoms with Crippen molar-refractivity contribution >= 4 is 16.7 Å². The fourth-order valence-electron chi connectivity index (χ4n) is 4.25. The lowest BCUT2D eigenvalue weighted by molar-refractivity contribution is -0.122. The van der Waals surface area contributed by atoms with Gasteiger partial charge in [0.25, 0.3) is 5.56 Å². The molecular formula is C24H28N4O2. The van der Waals surface area contributed by atoms with Gasteiger partial charge in [0.2, 0.25) is 5.91 Å². The van der Waals surface area contributed by atoms with E-state index in [1.165, 1.54) is 23.1 Å². The highest BCUT2D eigenvalue weighted by atomic mass is 16.2. The van der Waals surface area contributed by atoms with E-state index in [1.54, 1.807) is 6.07 Å². The van der Waals surface area contributed by atoms with E-state index in [4.69, 9.17) is 0 Å². The van der Waals surface area contributed by atoms with Gasteiger partial charge in [-0.1, -0.05) is 55.0 Å². The third-order valence-electron chi connectivity index (χ3n) is 5.86. The second-order valence-electron chi connectivity index (χ2n) is 8.00. The van der Waals surface area contributed by atoms with Crippen molar-refractivity contribution in [2.75, 3.05) is 13.1 Å². The summed E-state index contributed by atoms with van der Waals surface area (Å²) >= 11 is 0. The second kappa shape index (κ2) is 9.22. The number of aryl methyl sites for hydroxylation is 1. The van der Waals surface area contributed by atoms with Crippen molar-refractivity contribution in [1.82, 2.24) is 20.0 Å². The van der Waals surface area contributed by atoms with Crippen LogP contribution in [0, 0.1) is 6.92 Å². The van der Waals surface area contributed by atoms with Gasteiger partial charge in [0.05, 0.1) is 11.1 Å². The topological polar surface area (TPSA) is 67.2 Å². The summed E-state index contributed by atoms with van der Waals surface area (Å²) in [4.78, 5) is 27.7. The van der Waals surface area contributed by atoms with Crippen LogP contribution in [0.2, 0.25) is 0 Å². The Morgan fingerprint density at radius 1 is 1.07 bits per heavy atom. The third-order valence-corrected chi connectivity index (χ3v) is 5.86. The number of carbonyl (C=O) groups is 1. The second-order valence-corrected chi connectivity index (χ2v) is 8.00. The molecule has 0 saturated carbocycles. The van der Waals surface area contributed by atoms with E-state index in [0.717, 1.165) is 30.6 Å². The molecule has 0 bridgehead atoms. The van der Waals surface area contributed by atoms with Gasteiger partial charge in [-0.2, -0.15) is 5.10 Å². The fourth-order valence-corrected chi connectivity index (χ4v) is 4.25. The quantitative estimate of drug-likeness (QED) is 0.686. The van der Waals surface area contributed by atoms with E-state index in [0.29, 0.717) is 18.0 Å². The van der Waals surface area contributed by atoms with E-state index in [2.05, 4.69) is 39.6 Å². The molecule has 1 aliphatic rings. The summed E-state index contributed by atoms with van der Waals surface area (Å²) in [6.45, 7) is 4.33. The first kappa shape index (κ1) is 20.3. The number of likely N-dealkylation sites (tertiary alicyclic amines) is 1. The molecule has 1 aliphatic heterocycles. The van der Waals surface area contributed by atoms with Crippen LogP contribution in [0.4, 0.5) is 0 Å². The zero-order valence-electron chi connectivity index (χ0n) is 17.4. The minimum atomic E-state index is -0.227. The summed E-state index contributed by atoms with van der Waals surface area (Å²) < 4.78 is 1.27. The Balaban J connectivity index is 1.40. The van der Waals surface area contributed by atoms with E-state index in [1.807, 2.05) is 31.2 Å². The number of aromatic nitrogens is 2. The van der Waals surface area contributed by atoms with Crippen molar-refractivity contribution in [3.8, 4) is 0 Å². The van der Waals surface area contributed by atoms with Crippen LogP contribution in [0.1, 0.15) is 30.5 Å². The van der Waals surface area contributed by atoms with E-state index in [-0.39, 0.29) is 18.0 Å². The van der Waals surface area contributed by atoms with Crippen LogP contribution < -0.4 is 10.9 Å². The van der Waals surface area contributed by atoms with Gasteiger partial charge in [-0.05, 0) is 37.9 Å². The van der Waals surface area contributed by atoms with Crippen molar-refractivity contribution in [2.45, 2.75) is 45.3 Å². The molecule has 1 N–H and O–H groups in total. The number of hydrogen-bond acceptors (Lipinski definition) is 4. The summed E-state index contributed by atoms with van der Waals surface area (Å²) in [5.41, 5.74) is 1.81. The molecule has 156 valence electrons. The molecule has 4 rings (SSSR count). The van der Waals surface area contributed by atoms with Crippen LogP contribution in [0.15, 0.2) is 59.4 Å². The first-order valence-corrected chi connectivity index (χ1v) is 10.6. The normalized spacial score (nSPS) is 17.2. The smallest absolute Gasteiger partial charge is 0.275 e. The molecule has 30 heavy (non-hydrogen) atoms. The Bertz CT molecular complexity index is 1080. The lowest BCUT2D eigenvalue weighted by atomic mass is 10.0. The van der Waals surface area contributed by atoms with Crippen molar-refractivity contribution < 1.29 is 4.79 Å². The number of piperidine rings is 1. The molecule has 1 amide bonds. The number of benzene rings is 2. The van der Waals surface area contributed by atoms with Gasteiger partial charge in [-0.15, -0.1) is 0 Å². The average Bonchev–Trinajstić information content (AvgIpc) is 2.77. The molecule has 6 heteroatoms. The lowest BCUT2D eigenvalue weighted by Crippen LogP contribution is -2.47. The summed E-state index contributed by atoms with van der Waals surface area (Å²) in [5.74, 6) is -0.176. The van der Waals surface area contributed by atoms with E-state index >= 15 is 0 Å². The number of carbonyl (C=O) groups excluding carboxylic acids is 1. The Kier molecular flexibility index (Phi) is 6.23. The van der Waals surface area contributed by atoms with Gasteiger partial charge in [-0.25, -0.2) is 4.68 Å². The molecule has 0 spiro atoms. The molecule has 1 fully saturated rings. The molecule has 2 aromatic carbocycles. The van der Waals surface area contributed by atoms with Gasteiger partial charge in [0.15, 0.2) is 0 Å². The highest BCUT2D eigenvalue weighted by molar-refractivity contribution is 5.83. The van der Waals surface area contributed by atoms with Crippen LogP contribution in [0.3, 0.4) is 0 Å². The zero-order valence-corrected chi connectivity index (χ0v) is 17.4. The standard InChI is InChI=1S/C24H28N4O2/c1-18-21-12-5-6-13-22(21)24(30)28(26-18)17-23(29)25-15-20-11-7-8-14-27(20)16-19-9-3-2-4-10-19/h2-6,9-10,12-13,20H,7-8,11,14-17H2,1H3,(H,25,29). The molecule has 6 nitrogen and oxygen atoms in total. The number of rotatable bonds is 6. The molecule has 1 atom stereocenters. The van der Waals surface area contributed by atoms with E-state index < -0.39 is 0 Å². The maximum Gasteiger partial charge on any atom is 0.275 e. The van der Waals surface area contributed by atoms with Crippen molar-refractivity contribution in [1.29, 1.82) is 0 Å². The van der Waals surface area contributed by atoms with Crippen LogP contribution in [-0.2, 0) is 17.9 Å². The average molecular weight is 405 g/mol. The molecule has 1 saturated heterocycles. The monoisotopic (exact) mass is 404 g/mol. The van der Waals surface area contributed by atoms with Crippen molar-refractivity contribution in [3.05, 3.63) is 76.2 Å². The number of nitrogens with one attached hydrogen (secondary N) is 1. The largest absolute Gasteiger partial charge is 0.353 e. The Morgan fingerprint density at radius 2 is 1.80 bits per heavy atom. The van der Waals surface area contributed by atoms with Crippen molar-refractivity contribution in [2.24, 2.45) is 0 Å². The van der Waals surface area contributed by atoms with E-state index in [9.17, 15) is 9.59 Å². The fraction of sp³-hybridized carbons (Fsp3) is 0.375. The SMILES string of the molecule is Cc1nn(CC(=O)NCC2CCCCN2Cc2ccccc2)c(=O)c2ccccc12. The zero-order chi connectivity index (χ0) is 20.9. The Morgan fingerprint density at radius 3 is 2.60 bits per heavy atom. The van der Waals surface area contributed by atoms with Gasteiger partial charge in [0, 0.05) is 24.5 Å². The first-order chi connectivity index (χ1) is 14.6. The molecule has 1 aromatic heterocycles. The molecule has 2 heterocycles. The highest BCUT2D eigenvalue weighted by Gasteiger charge is 2.23. The highest BCUT2D eigenvalue weighted by Crippen LogP contribution is 2.19. The minimum Gasteiger partial charge on any atom is -0.353 e. The van der Waals surface area contributed by atoms with Crippen LogP contribution in [0.25, 0.3) is 10.8 Å².